The standard InChI is InChI=1S/C19H26N4O2/c1-19(2,3)18-21-16(25-22-18)7-4-8-17(24)23-13-5-6-15(23)14-9-11-20-12-10-14/h9-12,15H,4-8,13H2,1-3H3/t15-/m0/s1. The Morgan fingerprint density at radius 2 is 2.08 bits per heavy atom. The van der Waals surface area contributed by atoms with Crippen molar-refractivity contribution >= 4 is 5.91 Å². The van der Waals surface area contributed by atoms with Gasteiger partial charge < -0.3 is 9.42 Å². The third kappa shape index (κ3) is 4.24. The molecule has 0 unspecified atom stereocenters. The molecule has 1 saturated heterocycles. The van der Waals surface area contributed by atoms with E-state index in [1.54, 1.807) is 12.4 Å². The summed E-state index contributed by atoms with van der Waals surface area (Å²) >= 11 is 0. The third-order valence-electron chi connectivity index (χ3n) is 4.58. The maximum Gasteiger partial charge on any atom is 0.226 e. The van der Waals surface area contributed by atoms with E-state index < -0.39 is 0 Å². The van der Waals surface area contributed by atoms with Gasteiger partial charge in [0.15, 0.2) is 5.82 Å². The number of rotatable bonds is 5. The summed E-state index contributed by atoms with van der Waals surface area (Å²) in [4.78, 5) is 23.1. The average Bonchev–Trinajstić information content (AvgIpc) is 3.24. The molecule has 1 amide bonds. The molecule has 0 N–H and O–H groups in total. The number of amides is 1. The quantitative estimate of drug-likeness (QED) is 0.832. The summed E-state index contributed by atoms with van der Waals surface area (Å²) < 4.78 is 5.30. The van der Waals surface area contributed by atoms with Crippen LogP contribution in [0, 0.1) is 0 Å². The minimum atomic E-state index is -0.120. The molecule has 2 aromatic rings. The third-order valence-corrected chi connectivity index (χ3v) is 4.58. The molecule has 6 nitrogen and oxygen atoms in total. The lowest BCUT2D eigenvalue weighted by molar-refractivity contribution is -0.132. The van der Waals surface area contributed by atoms with E-state index in [0.717, 1.165) is 25.8 Å². The SMILES string of the molecule is CC(C)(C)c1noc(CCCC(=O)N2CCC[C@H]2c2ccncc2)n1. The van der Waals surface area contributed by atoms with Crippen LogP contribution in [0.3, 0.4) is 0 Å². The van der Waals surface area contributed by atoms with Crippen LogP contribution >= 0.6 is 0 Å². The second-order valence-electron chi connectivity index (χ2n) is 7.64. The van der Waals surface area contributed by atoms with Gasteiger partial charge in [-0.1, -0.05) is 25.9 Å². The van der Waals surface area contributed by atoms with Crippen LogP contribution in [0.15, 0.2) is 29.0 Å². The van der Waals surface area contributed by atoms with Crippen LogP contribution in [0.25, 0.3) is 0 Å². The molecule has 2 aromatic heterocycles. The highest BCUT2D eigenvalue weighted by atomic mass is 16.5. The Balaban J connectivity index is 1.53. The van der Waals surface area contributed by atoms with Crippen LogP contribution in [0.4, 0.5) is 0 Å². The van der Waals surface area contributed by atoms with Gasteiger partial charge in [-0.2, -0.15) is 4.98 Å². The van der Waals surface area contributed by atoms with Gasteiger partial charge in [0.05, 0.1) is 6.04 Å². The lowest BCUT2D eigenvalue weighted by Crippen LogP contribution is -2.30. The molecule has 1 aliphatic rings. The van der Waals surface area contributed by atoms with Gasteiger partial charge in [0.25, 0.3) is 0 Å². The highest BCUT2D eigenvalue weighted by Crippen LogP contribution is 2.32. The molecule has 0 bridgehead atoms. The first-order valence-electron chi connectivity index (χ1n) is 8.97. The number of pyridine rings is 1. The van der Waals surface area contributed by atoms with Crippen molar-refractivity contribution in [1.29, 1.82) is 0 Å². The summed E-state index contributed by atoms with van der Waals surface area (Å²) in [5.41, 5.74) is 1.05. The summed E-state index contributed by atoms with van der Waals surface area (Å²) in [6.45, 7) is 6.99. The lowest BCUT2D eigenvalue weighted by atomic mass is 9.96. The molecule has 3 heterocycles. The smallest absolute Gasteiger partial charge is 0.226 e. The topological polar surface area (TPSA) is 72.1 Å². The van der Waals surface area contributed by atoms with Gasteiger partial charge in [-0.15, -0.1) is 0 Å². The maximum absolute atomic E-state index is 12.6. The second-order valence-corrected chi connectivity index (χ2v) is 7.64. The van der Waals surface area contributed by atoms with Crippen LogP contribution in [0.1, 0.15) is 69.8 Å². The maximum atomic E-state index is 12.6. The Kier molecular flexibility index (Phi) is 5.16. The number of carbonyl (C=O) groups is 1. The molecule has 0 aliphatic carbocycles. The van der Waals surface area contributed by atoms with Crippen molar-refractivity contribution in [2.24, 2.45) is 0 Å². The molecule has 1 aliphatic heterocycles. The normalized spacial score (nSPS) is 17.9. The van der Waals surface area contributed by atoms with Crippen molar-refractivity contribution in [2.75, 3.05) is 6.54 Å². The zero-order valence-corrected chi connectivity index (χ0v) is 15.2. The van der Waals surface area contributed by atoms with Crippen molar-refractivity contribution < 1.29 is 9.32 Å². The van der Waals surface area contributed by atoms with E-state index in [9.17, 15) is 4.79 Å². The summed E-state index contributed by atoms with van der Waals surface area (Å²) in [6, 6.07) is 4.19. The van der Waals surface area contributed by atoms with E-state index >= 15 is 0 Å². The van der Waals surface area contributed by atoms with E-state index in [4.69, 9.17) is 4.52 Å². The van der Waals surface area contributed by atoms with E-state index in [-0.39, 0.29) is 17.4 Å². The largest absolute Gasteiger partial charge is 0.339 e. The van der Waals surface area contributed by atoms with Gasteiger partial charge in [-0.3, -0.25) is 9.78 Å². The molecule has 25 heavy (non-hydrogen) atoms. The van der Waals surface area contributed by atoms with Crippen LogP contribution < -0.4 is 0 Å². The molecular weight excluding hydrogens is 316 g/mol. The minimum absolute atomic E-state index is 0.120. The molecule has 0 aromatic carbocycles. The monoisotopic (exact) mass is 342 g/mol. The number of aromatic nitrogens is 3. The van der Waals surface area contributed by atoms with Crippen molar-refractivity contribution in [3.05, 3.63) is 41.8 Å². The Bertz CT molecular complexity index is 706. The van der Waals surface area contributed by atoms with Crippen molar-refractivity contribution in [2.45, 2.75) is 64.3 Å². The lowest BCUT2D eigenvalue weighted by Gasteiger charge is -2.25. The number of hydrogen-bond acceptors (Lipinski definition) is 5. The highest BCUT2D eigenvalue weighted by Gasteiger charge is 2.29. The Hall–Kier alpha value is -2.24. The molecule has 6 heteroatoms. The zero-order valence-electron chi connectivity index (χ0n) is 15.2. The van der Waals surface area contributed by atoms with Crippen molar-refractivity contribution in [1.82, 2.24) is 20.0 Å². The molecular formula is C19H26N4O2. The van der Waals surface area contributed by atoms with E-state index in [1.807, 2.05) is 17.0 Å². The molecule has 0 radical (unpaired) electrons. The fourth-order valence-electron chi connectivity index (χ4n) is 3.19. The number of nitrogens with zero attached hydrogens (tertiary/aromatic N) is 4. The molecule has 1 fully saturated rings. The summed E-state index contributed by atoms with van der Waals surface area (Å²) in [5.74, 6) is 1.53. The van der Waals surface area contributed by atoms with Gasteiger partial charge in [-0.25, -0.2) is 0 Å². The van der Waals surface area contributed by atoms with Crippen LogP contribution in [-0.4, -0.2) is 32.5 Å². The van der Waals surface area contributed by atoms with Crippen LogP contribution in [0.2, 0.25) is 0 Å². The number of likely N-dealkylation sites (tertiary alicyclic amines) is 1. The summed E-state index contributed by atoms with van der Waals surface area (Å²) in [5, 5.41) is 4.03. The van der Waals surface area contributed by atoms with Crippen LogP contribution in [-0.2, 0) is 16.6 Å². The van der Waals surface area contributed by atoms with Gasteiger partial charge in [-0.05, 0) is 37.0 Å². The first-order valence-corrected chi connectivity index (χ1v) is 8.97. The average molecular weight is 342 g/mol. The first kappa shape index (κ1) is 17.6. The van der Waals surface area contributed by atoms with Crippen LogP contribution in [0.5, 0.6) is 0 Å². The summed E-state index contributed by atoms with van der Waals surface area (Å²) in [7, 11) is 0. The van der Waals surface area contributed by atoms with E-state index in [0.29, 0.717) is 24.6 Å². The predicted octanol–water partition coefficient (Wildman–Crippen LogP) is 3.45. The van der Waals surface area contributed by atoms with Crippen molar-refractivity contribution in [3.8, 4) is 0 Å². The van der Waals surface area contributed by atoms with E-state index in [2.05, 4.69) is 35.9 Å². The van der Waals surface area contributed by atoms with Gasteiger partial charge in [0.2, 0.25) is 11.8 Å². The molecule has 1 atom stereocenters. The first-order chi connectivity index (χ1) is 11.9. The molecule has 0 saturated carbocycles. The Morgan fingerprint density at radius 3 is 2.76 bits per heavy atom. The Morgan fingerprint density at radius 1 is 1.32 bits per heavy atom. The fraction of sp³-hybridized carbons (Fsp3) is 0.579. The minimum Gasteiger partial charge on any atom is -0.339 e. The number of aryl methyl sites for hydroxylation is 1. The molecule has 3 rings (SSSR count). The van der Waals surface area contributed by atoms with Gasteiger partial charge >= 0.3 is 0 Å². The predicted molar refractivity (Wildman–Crippen MR) is 93.9 cm³/mol. The molecule has 134 valence electrons. The zero-order chi connectivity index (χ0) is 17.9. The number of hydrogen-bond donors (Lipinski definition) is 0. The van der Waals surface area contributed by atoms with Gasteiger partial charge in [0, 0.05) is 37.2 Å². The second kappa shape index (κ2) is 7.33. The highest BCUT2D eigenvalue weighted by molar-refractivity contribution is 5.77. The summed E-state index contributed by atoms with van der Waals surface area (Å²) in [6.07, 6.45) is 7.53. The number of carbonyl (C=O) groups excluding carboxylic acids is 1. The van der Waals surface area contributed by atoms with Crippen molar-refractivity contribution in [3.63, 3.8) is 0 Å². The fourth-order valence-corrected chi connectivity index (χ4v) is 3.19. The van der Waals surface area contributed by atoms with Gasteiger partial charge in [0.1, 0.15) is 0 Å². The van der Waals surface area contributed by atoms with E-state index in [1.165, 1.54) is 5.56 Å². The Labute approximate surface area is 148 Å². The molecule has 0 spiro atoms.